The lowest BCUT2D eigenvalue weighted by Gasteiger charge is -2.49. The average molecular weight is 327 g/mol. The summed E-state index contributed by atoms with van der Waals surface area (Å²) in [6.07, 6.45) is 3.20. The lowest BCUT2D eigenvalue weighted by molar-refractivity contribution is -0.143. The van der Waals surface area contributed by atoms with E-state index < -0.39 is 5.60 Å². The lowest BCUT2D eigenvalue weighted by atomic mass is 9.62. The van der Waals surface area contributed by atoms with Crippen molar-refractivity contribution in [1.82, 2.24) is 0 Å². The van der Waals surface area contributed by atoms with Crippen molar-refractivity contribution in [2.45, 2.75) is 66.4 Å². The van der Waals surface area contributed by atoms with Crippen LogP contribution in [0.3, 0.4) is 0 Å². The summed E-state index contributed by atoms with van der Waals surface area (Å²) in [5.74, 6) is 1.54. The third kappa shape index (κ3) is 3.00. The van der Waals surface area contributed by atoms with Crippen molar-refractivity contribution in [2.24, 2.45) is 10.8 Å². The Kier molecular flexibility index (Phi) is 4.84. The van der Waals surface area contributed by atoms with Gasteiger partial charge in [-0.05, 0) is 30.1 Å². The highest BCUT2D eigenvalue weighted by atomic mass is 32.1. The van der Waals surface area contributed by atoms with Gasteiger partial charge in [-0.1, -0.05) is 41.5 Å². The Labute approximate surface area is 138 Å². The molecule has 2 rings (SSSR count). The van der Waals surface area contributed by atoms with E-state index >= 15 is 0 Å². The van der Waals surface area contributed by atoms with Gasteiger partial charge in [0.2, 0.25) is 0 Å². The highest BCUT2D eigenvalue weighted by molar-refractivity contribution is 7.10. The number of rotatable bonds is 1. The summed E-state index contributed by atoms with van der Waals surface area (Å²) in [4.78, 5) is 0.893. The van der Waals surface area contributed by atoms with Crippen molar-refractivity contribution in [3.05, 3.63) is 10.3 Å². The van der Waals surface area contributed by atoms with Gasteiger partial charge in [0.05, 0.1) is 18.1 Å². The SMILES string of the molecule is CC(C)(C)C(O)(c1scc2c1OCCCCCO2)C(C)(C)C. The number of fused-ring (bicyclic) bond motifs is 1. The summed E-state index contributed by atoms with van der Waals surface area (Å²) in [5, 5.41) is 13.7. The Hall–Kier alpha value is -0.740. The van der Waals surface area contributed by atoms with Crippen LogP contribution in [-0.4, -0.2) is 18.3 Å². The van der Waals surface area contributed by atoms with E-state index in [0.29, 0.717) is 6.61 Å². The molecule has 0 amide bonds. The molecule has 0 aromatic carbocycles. The monoisotopic (exact) mass is 326 g/mol. The molecule has 0 aliphatic carbocycles. The van der Waals surface area contributed by atoms with Crippen LogP contribution in [0.15, 0.2) is 5.38 Å². The molecular weight excluding hydrogens is 296 g/mol. The zero-order chi connectivity index (χ0) is 16.6. The van der Waals surface area contributed by atoms with E-state index in [2.05, 4.69) is 41.5 Å². The number of ether oxygens (including phenoxy) is 2. The van der Waals surface area contributed by atoms with Crippen LogP contribution in [0, 0.1) is 10.8 Å². The van der Waals surface area contributed by atoms with Gasteiger partial charge in [0.25, 0.3) is 0 Å². The second-order valence-corrected chi connectivity index (χ2v) is 9.11. The Morgan fingerprint density at radius 3 is 2.00 bits per heavy atom. The number of thiophene rings is 1. The molecule has 0 unspecified atom stereocenters. The van der Waals surface area contributed by atoms with Crippen molar-refractivity contribution in [1.29, 1.82) is 0 Å². The van der Waals surface area contributed by atoms with Crippen LogP contribution in [0.4, 0.5) is 0 Å². The molecule has 0 atom stereocenters. The van der Waals surface area contributed by atoms with Crippen LogP contribution in [-0.2, 0) is 5.60 Å². The maximum absolute atomic E-state index is 11.7. The van der Waals surface area contributed by atoms with E-state index in [4.69, 9.17) is 9.47 Å². The first-order valence-electron chi connectivity index (χ1n) is 8.19. The van der Waals surface area contributed by atoms with Gasteiger partial charge in [-0.25, -0.2) is 0 Å². The summed E-state index contributed by atoms with van der Waals surface area (Å²) in [6.45, 7) is 13.9. The molecule has 1 aromatic rings. The maximum atomic E-state index is 11.7. The molecule has 4 heteroatoms. The summed E-state index contributed by atoms with van der Waals surface area (Å²) >= 11 is 1.55. The van der Waals surface area contributed by atoms with Crippen molar-refractivity contribution in [2.75, 3.05) is 13.2 Å². The Morgan fingerprint density at radius 2 is 1.45 bits per heavy atom. The van der Waals surface area contributed by atoms with E-state index in [1.807, 2.05) is 5.38 Å². The van der Waals surface area contributed by atoms with Crippen molar-refractivity contribution in [3.63, 3.8) is 0 Å². The molecule has 22 heavy (non-hydrogen) atoms. The molecule has 0 spiro atoms. The predicted molar refractivity (Wildman–Crippen MR) is 92.0 cm³/mol. The van der Waals surface area contributed by atoms with E-state index in [1.54, 1.807) is 11.3 Å². The third-order valence-electron chi connectivity index (χ3n) is 4.51. The van der Waals surface area contributed by atoms with Crippen LogP contribution in [0.1, 0.15) is 65.7 Å². The molecule has 1 aromatic heterocycles. The highest BCUT2D eigenvalue weighted by Crippen LogP contribution is 2.57. The standard InChI is InChI=1S/C18H30O3S/c1-16(2,3)18(19,17(4,5)6)15-14-13(12-22-15)20-10-8-7-9-11-21-14/h12,19H,7-11H2,1-6H3. The quantitative estimate of drug-likeness (QED) is 0.792. The van der Waals surface area contributed by atoms with Crippen LogP contribution in [0.2, 0.25) is 0 Å². The second-order valence-electron chi connectivity index (χ2n) is 8.23. The fourth-order valence-electron chi connectivity index (χ4n) is 3.36. The smallest absolute Gasteiger partial charge is 0.178 e. The number of hydrogen-bond acceptors (Lipinski definition) is 4. The summed E-state index contributed by atoms with van der Waals surface area (Å²) in [7, 11) is 0. The zero-order valence-corrected chi connectivity index (χ0v) is 15.6. The van der Waals surface area contributed by atoms with Gasteiger partial charge in [-0.3, -0.25) is 0 Å². The molecule has 0 saturated carbocycles. The van der Waals surface area contributed by atoms with Crippen molar-refractivity contribution in [3.8, 4) is 11.5 Å². The third-order valence-corrected chi connectivity index (χ3v) is 5.55. The van der Waals surface area contributed by atoms with E-state index in [1.165, 1.54) is 0 Å². The topological polar surface area (TPSA) is 38.7 Å². The lowest BCUT2D eigenvalue weighted by Crippen LogP contribution is -2.49. The number of aliphatic hydroxyl groups is 1. The van der Waals surface area contributed by atoms with Gasteiger partial charge in [-0.15, -0.1) is 11.3 Å². The molecule has 0 fully saturated rings. The van der Waals surface area contributed by atoms with Gasteiger partial charge >= 0.3 is 0 Å². The van der Waals surface area contributed by atoms with Crippen LogP contribution >= 0.6 is 11.3 Å². The second kappa shape index (κ2) is 6.04. The number of hydrogen-bond donors (Lipinski definition) is 1. The van der Waals surface area contributed by atoms with Gasteiger partial charge in [0.1, 0.15) is 5.60 Å². The minimum Gasteiger partial charge on any atom is -0.489 e. The fourth-order valence-corrected chi connectivity index (χ4v) is 4.81. The predicted octanol–water partition coefficient (Wildman–Crippen LogP) is 4.97. The van der Waals surface area contributed by atoms with Crippen LogP contribution in [0.5, 0.6) is 11.5 Å². The average Bonchev–Trinajstić information content (AvgIpc) is 2.79. The molecule has 0 saturated heterocycles. The van der Waals surface area contributed by atoms with Gasteiger partial charge in [-0.2, -0.15) is 0 Å². The first kappa shape index (κ1) is 17.6. The summed E-state index contributed by atoms with van der Waals surface area (Å²) in [5.41, 5.74) is -1.62. The molecule has 1 aliphatic rings. The van der Waals surface area contributed by atoms with E-state index in [0.717, 1.165) is 42.2 Å². The van der Waals surface area contributed by atoms with Crippen molar-refractivity contribution >= 4 is 11.3 Å². The molecule has 1 aliphatic heterocycles. The highest BCUT2D eigenvalue weighted by Gasteiger charge is 2.53. The molecule has 3 nitrogen and oxygen atoms in total. The summed E-state index contributed by atoms with van der Waals surface area (Å²) < 4.78 is 11.9. The molecular formula is C18H30O3S. The summed E-state index contributed by atoms with van der Waals surface area (Å²) in [6, 6.07) is 0. The Balaban J connectivity index is 2.54. The van der Waals surface area contributed by atoms with E-state index in [9.17, 15) is 5.11 Å². The maximum Gasteiger partial charge on any atom is 0.178 e. The van der Waals surface area contributed by atoms with Gasteiger partial charge < -0.3 is 14.6 Å². The van der Waals surface area contributed by atoms with Crippen molar-refractivity contribution < 1.29 is 14.6 Å². The molecule has 126 valence electrons. The fraction of sp³-hybridized carbons (Fsp3) is 0.778. The largest absolute Gasteiger partial charge is 0.489 e. The van der Waals surface area contributed by atoms with E-state index in [-0.39, 0.29) is 10.8 Å². The minimum absolute atomic E-state index is 0.314. The Morgan fingerprint density at radius 1 is 0.909 bits per heavy atom. The van der Waals surface area contributed by atoms with Crippen LogP contribution in [0.25, 0.3) is 0 Å². The molecule has 2 heterocycles. The first-order chi connectivity index (χ1) is 10.1. The molecule has 0 radical (unpaired) electrons. The van der Waals surface area contributed by atoms with Crippen LogP contribution < -0.4 is 9.47 Å². The molecule has 0 bridgehead atoms. The normalized spacial score (nSPS) is 17.6. The molecule has 1 N–H and O–H groups in total. The van der Waals surface area contributed by atoms with Gasteiger partial charge in [0, 0.05) is 5.38 Å². The first-order valence-corrected chi connectivity index (χ1v) is 9.07. The minimum atomic E-state index is -0.990. The van der Waals surface area contributed by atoms with Gasteiger partial charge in [0.15, 0.2) is 11.5 Å². The zero-order valence-electron chi connectivity index (χ0n) is 14.8. The Bertz CT molecular complexity index is 491.